The van der Waals surface area contributed by atoms with Crippen LogP contribution in [0.4, 0.5) is 23.1 Å². The van der Waals surface area contributed by atoms with Crippen molar-refractivity contribution in [2.24, 2.45) is 0 Å². The van der Waals surface area contributed by atoms with Crippen molar-refractivity contribution >= 4 is 29.0 Å². The first-order valence-corrected chi connectivity index (χ1v) is 13.1. The van der Waals surface area contributed by atoms with Crippen LogP contribution in [0.2, 0.25) is 0 Å². The normalized spacial score (nSPS) is 16.7. The molecule has 37 heavy (non-hydrogen) atoms. The number of piperazine rings is 1. The monoisotopic (exact) mass is 495 g/mol. The predicted molar refractivity (Wildman–Crippen MR) is 145 cm³/mol. The zero-order valence-electron chi connectivity index (χ0n) is 21.1. The van der Waals surface area contributed by atoms with Gasteiger partial charge < -0.3 is 15.5 Å². The first-order chi connectivity index (χ1) is 18.2. The average molecular weight is 496 g/mol. The number of rotatable bonds is 7. The second kappa shape index (κ2) is 11.8. The molecule has 2 aromatic carbocycles. The standard InChI is InChI=1S/C29H33N7O/c30-15-13-22-5-4-6-25(21-22)32-27-14-16-31-29(34-27)33-24-11-9-23(10-12-24)28(37)36-19-17-35(18-20-36)26-7-2-1-3-8-26/h4-6,9-12,14,16,21,26H,1-3,7-8,13,17-20H2,(H2,31,32,33,34). The van der Waals surface area contributed by atoms with Crippen LogP contribution in [0.3, 0.4) is 0 Å². The molecule has 1 aliphatic carbocycles. The summed E-state index contributed by atoms with van der Waals surface area (Å²) in [5, 5.41) is 15.4. The highest BCUT2D eigenvalue weighted by molar-refractivity contribution is 5.94. The summed E-state index contributed by atoms with van der Waals surface area (Å²) in [5.74, 6) is 1.19. The predicted octanol–water partition coefficient (Wildman–Crippen LogP) is 5.12. The third kappa shape index (κ3) is 6.43. The lowest BCUT2D eigenvalue weighted by Gasteiger charge is -2.40. The Labute approximate surface area is 218 Å². The fourth-order valence-electron chi connectivity index (χ4n) is 5.23. The van der Waals surface area contributed by atoms with Crippen LogP contribution >= 0.6 is 0 Å². The van der Waals surface area contributed by atoms with Crippen LogP contribution in [0.5, 0.6) is 0 Å². The largest absolute Gasteiger partial charge is 0.340 e. The van der Waals surface area contributed by atoms with Crippen LogP contribution in [-0.2, 0) is 6.42 Å². The topological polar surface area (TPSA) is 97.2 Å². The summed E-state index contributed by atoms with van der Waals surface area (Å²) < 4.78 is 0. The summed E-state index contributed by atoms with van der Waals surface area (Å²) >= 11 is 0. The summed E-state index contributed by atoms with van der Waals surface area (Å²) in [7, 11) is 0. The van der Waals surface area contributed by atoms with Crippen LogP contribution in [0.1, 0.15) is 48.0 Å². The van der Waals surface area contributed by atoms with E-state index in [4.69, 9.17) is 5.26 Å². The molecular weight excluding hydrogens is 462 g/mol. The summed E-state index contributed by atoms with van der Waals surface area (Å²) in [6.07, 6.45) is 8.71. The molecule has 1 saturated carbocycles. The van der Waals surface area contributed by atoms with E-state index < -0.39 is 0 Å². The second-order valence-electron chi connectivity index (χ2n) is 9.75. The van der Waals surface area contributed by atoms with Crippen LogP contribution in [0, 0.1) is 11.3 Å². The molecule has 0 spiro atoms. The van der Waals surface area contributed by atoms with Gasteiger partial charge >= 0.3 is 0 Å². The third-order valence-electron chi connectivity index (χ3n) is 7.22. The van der Waals surface area contributed by atoms with Crippen molar-refractivity contribution in [3.63, 3.8) is 0 Å². The van der Waals surface area contributed by atoms with E-state index in [1.165, 1.54) is 32.1 Å². The fraction of sp³-hybridized carbons (Fsp3) is 0.379. The molecule has 2 heterocycles. The van der Waals surface area contributed by atoms with Gasteiger partial charge in [0.2, 0.25) is 5.95 Å². The lowest BCUT2D eigenvalue weighted by molar-refractivity contribution is 0.0523. The van der Waals surface area contributed by atoms with Gasteiger partial charge in [0, 0.05) is 55.4 Å². The number of carbonyl (C=O) groups excluding carboxylic acids is 1. The lowest BCUT2D eigenvalue weighted by atomic mass is 9.94. The quantitative estimate of drug-likeness (QED) is 0.469. The average Bonchev–Trinajstić information content (AvgIpc) is 2.94. The minimum absolute atomic E-state index is 0.0934. The maximum Gasteiger partial charge on any atom is 0.253 e. The Kier molecular flexibility index (Phi) is 7.92. The van der Waals surface area contributed by atoms with Crippen molar-refractivity contribution in [1.82, 2.24) is 19.8 Å². The summed E-state index contributed by atoms with van der Waals surface area (Å²) in [6, 6.07) is 19.9. The van der Waals surface area contributed by atoms with Crippen molar-refractivity contribution in [3.05, 3.63) is 71.9 Å². The van der Waals surface area contributed by atoms with Crippen molar-refractivity contribution in [2.75, 3.05) is 36.8 Å². The van der Waals surface area contributed by atoms with Crippen molar-refractivity contribution < 1.29 is 4.79 Å². The first kappa shape index (κ1) is 24.7. The van der Waals surface area contributed by atoms with Gasteiger partial charge in [-0.15, -0.1) is 0 Å². The highest BCUT2D eigenvalue weighted by Crippen LogP contribution is 2.24. The smallest absolute Gasteiger partial charge is 0.253 e. The Morgan fingerprint density at radius 2 is 1.73 bits per heavy atom. The van der Waals surface area contributed by atoms with Gasteiger partial charge in [0.15, 0.2) is 0 Å². The SMILES string of the molecule is N#CCc1cccc(Nc2ccnc(Nc3ccc(C(=O)N4CCN(C5CCCCC5)CC4)cc3)n2)c1. The van der Waals surface area contributed by atoms with Crippen molar-refractivity contribution in [1.29, 1.82) is 5.26 Å². The molecule has 2 aliphatic rings. The molecule has 1 aliphatic heterocycles. The number of carbonyl (C=O) groups is 1. The number of nitrogens with one attached hydrogen (secondary N) is 2. The first-order valence-electron chi connectivity index (χ1n) is 13.1. The van der Waals surface area contributed by atoms with E-state index in [1.54, 1.807) is 12.3 Å². The minimum Gasteiger partial charge on any atom is -0.340 e. The molecule has 190 valence electrons. The van der Waals surface area contributed by atoms with Crippen LogP contribution in [0.15, 0.2) is 60.8 Å². The molecule has 0 unspecified atom stereocenters. The molecule has 1 aromatic heterocycles. The van der Waals surface area contributed by atoms with E-state index in [9.17, 15) is 4.79 Å². The van der Waals surface area contributed by atoms with E-state index in [-0.39, 0.29) is 5.91 Å². The van der Waals surface area contributed by atoms with Crippen molar-refractivity contribution in [2.45, 2.75) is 44.6 Å². The number of anilines is 4. The van der Waals surface area contributed by atoms with Gasteiger partial charge in [-0.2, -0.15) is 10.2 Å². The number of nitriles is 1. The van der Waals surface area contributed by atoms with E-state index in [2.05, 4.69) is 31.6 Å². The van der Waals surface area contributed by atoms with Gasteiger partial charge in [0.1, 0.15) is 5.82 Å². The molecule has 8 nitrogen and oxygen atoms in total. The van der Waals surface area contributed by atoms with Gasteiger partial charge in [-0.05, 0) is 60.9 Å². The van der Waals surface area contributed by atoms with Crippen LogP contribution in [-0.4, -0.2) is 57.9 Å². The maximum atomic E-state index is 13.1. The fourth-order valence-corrected chi connectivity index (χ4v) is 5.23. The highest BCUT2D eigenvalue weighted by Gasteiger charge is 2.27. The van der Waals surface area contributed by atoms with E-state index in [1.807, 2.05) is 53.4 Å². The van der Waals surface area contributed by atoms with E-state index in [0.29, 0.717) is 29.8 Å². The van der Waals surface area contributed by atoms with Crippen molar-refractivity contribution in [3.8, 4) is 6.07 Å². The Morgan fingerprint density at radius 1 is 0.946 bits per heavy atom. The third-order valence-corrected chi connectivity index (χ3v) is 7.22. The summed E-state index contributed by atoms with van der Waals surface area (Å²) in [4.78, 5) is 26.5. The molecule has 3 aromatic rings. The highest BCUT2D eigenvalue weighted by atomic mass is 16.2. The molecule has 1 amide bonds. The van der Waals surface area contributed by atoms with Gasteiger partial charge in [-0.1, -0.05) is 31.4 Å². The van der Waals surface area contributed by atoms with Crippen LogP contribution < -0.4 is 10.6 Å². The van der Waals surface area contributed by atoms with Gasteiger partial charge in [0.25, 0.3) is 5.91 Å². The number of amides is 1. The maximum absolute atomic E-state index is 13.1. The second-order valence-corrected chi connectivity index (χ2v) is 9.75. The molecule has 5 rings (SSSR count). The molecule has 0 radical (unpaired) electrons. The van der Waals surface area contributed by atoms with E-state index >= 15 is 0 Å². The Balaban J connectivity index is 1.16. The Hall–Kier alpha value is -3.96. The van der Waals surface area contributed by atoms with Gasteiger partial charge in [-0.25, -0.2) is 4.98 Å². The van der Waals surface area contributed by atoms with Gasteiger partial charge in [0.05, 0.1) is 12.5 Å². The zero-order valence-corrected chi connectivity index (χ0v) is 21.1. The van der Waals surface area contributed by atoms with Crippen LogP contribution in [0.25, 0.3) is 0 Å². The molecule has 2 N–H and O–H groups in total. The Morgan fingerprint density at radius 3 is 2.49 bits per heavy atom. The molecule has 1 saturated heterocycles. The minimum atomic E-state index is 0.0934. The van der Waals surface area contributed by atoms with Gasteiger partial charge in [-0.3, -0.25) is 9.69 Å². The summed E-state index contributed by atoms with van der Waals surface area (Å²) in [6.45, 7) is 3.53. The molecular formula is C29H33N7O. The number of hydrogen-bond donors (Lipinski definition) is 2. The van der Waals surface area contributed by atoms with E-state index in [0.717, 1.165) is 43.1 Å². The molecule has 0 atom stereocenters. The number of aromatic nitrogens is 2. The Bertz CT molecular complexity index is 1240. The molecule has 8 heteroatoms. The summed E-state index contributed by atoms with van der Waals surface area (Å²) in [5.41, 5.74) is 3.32. The molecule has 0 bridgehead atoms. The number of nitrogens with zero attached hydrogens (tertiary/aromatic N) is 5. The lowest BCUT2D eigenvalue weighted by Crippen LogP contribution is -2.52. The molecule has 2 fully saturated rings. The zero-order chi connectivity index (χ0) is 25.5. The number of benzene rings is 2. The number of hydrogen-bond acceptors (Lipinski definition) is 7.